The van der Waals surface area contributed by atoms with Crippen molar-refractivity contribution in [2.24, 2.45) is 11.7 Å². The molecule has 1 atom stereocenters. The fourth-order valence-corrected chi connectivity index (χ4v) is 3.15. The highest BCUT2D eigenvalue weighted by Crippen LogP contribution is 2.35. The van der Waals surface area contributed by atoms with Crippen LogP contribution in [0.25, 0.3) is 0 Å². The normalized spacial score (nSPS) is 21.1. The Morgan fingerprint density at radius 3 is 2.58 bits per heavy atom. The molecule has 3 heteroatoms. The highest BCUT2D eigenvalue weighted by molar-refractivity contribution is 5.44. The zero-order valence-electron chi connectivity index (χ0n) is 11.4. The molecule has 1 aliphatic heterocycles. The summed E-state index contributed by atoms with van der Waals surface area (Å²) in [6.07, 6.45) is 7.48. The number of fused-ring (bicyclic) bond motifs is 1. The first kappa shape index (κ1) is 12.8. The van der Waals surface area contributed by atoms with Crippen LogP contribution in [0.4, 0.5) is 0 Å². The largest absolute Gasteiger partial charge is 0.490 e. The molecule has 1 aliphatic carbocycles. The summed E-state index contributed by atoms with van der Waals surface area (Å²) in [6.45, 7) is 1.47. The first-order chi connectivity index (χ1) is 9.33. The van der Waals surface area contributed by atoms with E-state index in [0.29, 0.717) is 0 Å². The molecule has 3 rings (SSSR count). The first-order valence-electron chi connectivity index (χ1n) is 7.48. The van der Waals surface area contributed by atoms with Crippen LogP contribution >= 0.6 is 0 Å². The lowest BCUT2D eigenvalue weighted by atomic mass is 9.94. The zero-order valence-corrected chi connectivity index (χ0v) is 11.4. The lowest BCUT2D eigenvalue weighted by Crippen LogP contribution is -2.14. The van der Waals surface area contributed by atoms with E-state index in [9.17, 15) is 0 Å². The molecule has 1 aromatic carbocycles. The van der Waals surface area contributed by atoms with E-state index < -0.39 is 0 Å². The Bertz CT molecular complexity index is 427. The summed E-state index contributed by atoms with van der Waals surface area (Å²) in [5.74, 6) is 2.53. The number of nitrogens with two attached hydrogens (primary N) is 1. The van der Waals surface area contributed by atoms with Crippen LogP contribution in [0, 0.1) is 5.92 Å². The standard InChI is InChI=1S/C16H23NO2/c17-14(10-12-4-1-2-5-12)13-6-7-15-16(11-13)19-9-3-8-18-15/h6-7,11-12,14H,1-5,8-10,17H2. The van der Waals surface area contributed by atoms with E-state index in [-0.39, 0.29) is 6.04 Å². The van der Waals surface area contributed by atoms with Gasteiger partial charge in [-0.05, 0) is 30.0 Å². The van der Waals surface area contributed by atoms with Gasteiger partial charge >= 0.3 is 0 Å². The van der Waals surface area contributed by atoms with Gasteiger partial charge in [-0.15, -0.1) is 0 Å². The molecule has 2 aliphatic rings. The fourth-order valence-electron chi connectivity index (χ4n) is 3.15. The van der Waals surface area contributed by atoms with Gasteiger partial charge in [0.2, 0.25) is 0 Å². The van der Waals surface area contributed by atoms with Gasteiger partial charge in [-0.25, -0.2) is 0 Å². The van der Waals surface area contributed by atoms with E-state index in [2.05, 4.69) is 12.1 Å². The summed E-state index contributed by atoms with van der Waals surface area (Å²) in [4.78, 5) is 0. The van der Waals surface area contributed by atoms with Crippen molar-refractivity contribution in [3.63, 3.8) is 0 Å². The van der Waals surface area contributed by atoms with Gasteiger partial charge in [-0.3, -0.25) is 0 Å². The van der Waals surface area contributed by atoms with Gasteiger partial charge < -0.3 is 15.2 Å². The number of hydrogen-bond acceptors (Lipinski definition) is 3. The minimum Gasteiger partial charge on any atom is -0.490 e. The second kappa shape index (κ2) is 5.83. The maximum atomic E-state index is 6.35. The van der Waals surface area contributed by atoms with Gasteiger partial charge in [-0.1, -0.05) is 31.7 Å². The molecule has 19 heavy (non-hydrogen) atoms. The van der Waals surface area contributed by atoms with Crippen molar-refractivity contribution in [1.29, 1.82) is 0 Å². The van der Waals surface area contributed by atoms with Crippen molar-refractivity contribution in [1.82, 2.24) is 0 Å². The van der Waals surface area contributed by atoms with E-state index in [4.69, 9.17) is 15.2 Å². The highest BCUT2D eigenvalue weighted by atomic mass is 16.5. The van der Waals surface area contributed by atoms with E-state index in [0.717, 1.165) is 43.5 Å². The van der Waals surface area contributed by atoms with Gasteiger partial charge in [-0.2, -0.15) is 0 Å². The van der Waals surface area contributed by atoms with E-state index in [1.165, 1.54) is 31.2 Å². The van der Waals surface area contributed by atoms with Crippen molar-refractivity contribution in [2.45, 2.75) is 44.6 Å². The summed E-state index contributed by atoms with van der Waals surface area (Å²) in [5, 5.41) is 0. The second-order valence-electron chi connectivity index (χ2n) is 5.75. The summed E-state index contributed by atoms with van der Waals surface area (Å²) in [6, 6.07) is 6.29. The first-order valence-corrected chi connectivity index (χ1v) is 7.48. The third kappa shape index (κ3) is 3.03. The Hall–Kier alpha value is -1.22. The van der Waals surface area contributed by atoms with E-state index in [1.807, 2.05) is 6.07 Å². The van der Waals surface area contributed by atoms with Crippen molar-refractivity contribution < 1.29 is 9.47 Å². The smallest absolute Gasteiger partial charge is 0.161 e. The van der Waals surface area contributed by atoms with Crippen LogP contribution in [0.3, 0.4) is 0 Å². The van der Waals surface area contributed by atoms with Gasteiger partial charge in [0.15, 0.2) is 11.5 Å². The predicted octanol–water partition coefficient (Wildman–Crippen LogP) is 3.43. The summed E-state index contributed by atoms with van der Waals surface area (Å²) in [5.41, 5.74) is 7.53. The molecule has 2 N–H and O–H groups in total. The maximum absolute atomic E-state index is 6.35. The SMILES string of the molecule is NC(CC1CCCC1)c1ccc2c(c1)OCCCO2. The van der Waals surface area contributed by atoms with Crippen LogP contribution in [0.1, 0.15) is 50.1 Å². The minimum atomic E-state index is 0.125. The van der Waals surface area contributed by atoms with E-state index >= 15 is 0 Å². The number of rotatable bonds is 3. The van der Waals surface area contributed by atoms with E-state index in [1.54, 1.807) is 0 Å². The molecule has 3 nitrogen and oxygen atoms in total. The van der Waals surface area contributed by atoms with Gasteiger partial charge in [0.25, 0.3) is 0 Å². The van der Waals surface area contributed by atoms with Crippen molar-refractivity contribution in [3.05, 3.63) is 23.8 Å². The van der Waals surface area contributed by atoms with Crippen LogP contribution in [0.5, 0.6) is 11.5 Å². The lowest BCUT2D eigenvalue weighted by Gasteiger charge is -2.18. The van der Waals surface area contributed by atoms with Crippen LogP contribution < -0.4 is 15.2 Å². The average molecular weight is 261 g/mol. The lowest BCUT2D eigenvalue weighted by molar-refractivity contribution is 0.297. The van der Waals surface area contributed by atoms with Crippen molar-refractivity contribution >= 4 is 0 Å². The Morgan fingerprint density at radius 1 is 1.05 bits per heavy atom. The Morgan fingerprint density at radius 2 is 1.79 bits per heavy atom. The molecule has 0 aromatic heterocycles. The predicted molar refractivity (Wildman–Crippen MR) is 75.6 cm³/mol. The van der Waals surface area contributed by atoms with Crippen molar-refractivity contribution in [2.75, 3.05) is 13.2 Å². The Labute approximate surface area is 115 Å². The van der Waals surface area contributed by atoms with Crippen LogP contribution in [0.15, 0.2) is 18.2 Å². The molecule has 0 radical (unpaired) electrons. The van der Waals surface area contributed by atoms with Gasteiger partial charge in [0, 0.05) is 12.5 Å². The van der Waals surface area contributed by atoms with Gasteiger partial charge in [0.1, 0.15) is 0 Å². The molecule has 0 saturated heterocycles. The maximum Gasteiger partial charge on any atom is 0.161 e. The molecule has 1 unspecified atom stereocenters. The summed E-state index contributed by atoms with van der Waals surface area (Å²) >= 11 is 0. The second-order valence-corrected chi connectivity index (χ2v) is 5.75. The van der Waals surface area contributed by atoms with Crippen LogP contribution in [-0.2, 0) is 0 Å². The van der Waals surface area contributed by atoms with Crippen molar-refractivity contribution in [3.8, 4) is 11.5 Å². The molecule has 1 aromatic rings. The summed E-state index contributed by atoms with van der Waals surface area (Å²) in [7, 11) is 0. The van der Waals surface area contributed by atoms with Crippen LogP contribution in [0.2, 0.25) is 0 Å². The quantitative estimate of drug-likeness (QED) is 0.906. The fraction of sp³-hybridized carbons (Fsp3) is 0.625. The minimum absolute atomic E-state index is 0.125. The third-order valence-corrected chi connectivity index (χ3v) is 4.26. The van der Waals surface area contributed by atoms with Crippen LogP contribution in [-0.4, -0.2) is 13.2 Å². The highest BCUT2D eigenvalue weighted by Gasteiger charge is 2.20. The van der Waals surface area contributed by atoms with Gasteiger partial charge in [0.05, 0.1) is 13.2 Å². The molecule has 0 amide bonds. The number of ether oxygens (including phenoxy) is 2. The Kier molecular flexibility index (Phi) is 3.92. The molecule has 1 saturated carbocycles. The zero-order chi connectivity index (χ0) is 13.1. The molecule has 104 valence electrons. The summed E-state index contributed by atoms with van der Waals surface area (Å²) < 4.78 is 11.4. The average Bonchev–Trinajstić information content (AvgIpc) is 2.81. The molecule has 1 heterocycles. The molecule has 0 bridgehead atoms. The monoisotopic (exact) mass is 261 g/mol. The Balaban J connectivity index is 1.71. The number of hydrogen-bond donors (Lipinski definition) is 1. The molecule has 0 spiro atoms. The molecule has 1 fully saturated rings. The number of benzene rings is 1. The molecular weight excluding hydrogens is 238 g/mol. The molecular formula is C16H23NO2. The third-order valence-electron chi connectivity index (χ3n) is 4.26. The topological polar surface area (TPSA) is 44.5 Å².